The first kappa shape index (κ1) is 13.6. The molecule has 0 aliphatic carbocycles. The first-order chi connectivity index (χ1) is 9.10. The Bertz CT molecular complexity index is 583. The fraction of sp³-hybridized carbons (Fsp3) is 0.231. The van der Waals surface area contributed by atoms with Crippen molar-refractivity contribution in [3.8, 4) is 0 Å². The molecule has 1 unspecified atom stereocenters. The average molecular weight is 280 g/mol. The molecule has 0 radical (unpaired) electrons. The van der Waals surface area contributed by atoms with E-state index in [1.807, 2.05) is 6.92 Å². The Hall–Kier alpha value is -1.85. The molecule has 0 aliphatic rings. The van der Waals surface area contributed by atoms with Gasteiger partial charge in [-0.3, -0.25) is 4.79 Å². The largest absolute Gasteiger partial charge is 0.446 e. The molecule has 1 amide bonds. The van der Waals surface area contributed by atoms with Crippen LogP contribution in [0.2, 0.25) is 5.02 Å². The van der Waals surface area contributed by atoms with Crippen LogP contribution in [0.25, 0.3) is 0 Å². The fourth-order valence-corrected chi connectivity index (χ4v) is 1.69. The van der Waals surface area contributed by atoms with Crippen molar-refractivity contribution in [1.82, 2.24) is 4.98 Å². The predicted octanol–water partition coefficient (Wildman–Crippen LogP) is 2.99. The molecule has 6 heteroatoms. The van der Waals surface area contributed by atoms with Crippen LogP contribution in [-0.4, -0.2) is 10.9 Å². The second-order valence-corrected chi connectivity index (χ2v) is 4.49. The zero-order valence-corrected chi connectivity index (χ0v) is 11.1. The summed E-state index contributed by atoms with van der Waals surface area (Å²) in [5.41, 5.74) is 6.57. The second kappa shape index (κ2) is 5.86. The van der Waals surface area contributed by atoms with Gasteiger partial charge in [0.15, 0.2) is 5.69 Å². The molecule has 0 aliphatic heterocycles. The van der Waals surface area contributed by atoms with Crippen molar-refractivity contribution in [2.24, 2.45) is 5.73 Å². The number of amides is 1. The fourth-order valence-electron chi connectivity index (χ4n) is 1.50. The van der Waals surface area contributed by atoms with Gasteiger partial charge in [-0.2, -0.15) is 0 Å². The molecule has 1 aromatic heterocycles. The van der Waals surface area contributed by atoms with Gasteiger partial charge in [-0.1, -0.05) is 24.6 Å². The van der Waals surface area contributed by atoms with Crippen LogP contribution in [-0.2, 0) is 0 Å². The van der Waals surface area contributed by atoms with Gasteiger partial charge in [0.2, 0.25) is 5.89 Å². The number of benzene rings is 1. The summed E-state index contributed by atoms with van der Waals surface area (Å²) in [6, 6.07) is 6.57. The van der Waals surface area contributed by atoms with Gasteiger partial charge in [-0.05, 0) is 24.6 Å². The lowest BCUT2D eigenvalue weighted by Gasteiger charge is -2.03. The third-order valence-electron chi connectivity index (χ3n) is 2.59. The summed E-state index contributed by atoms with van der Waals surface area (Å²) in [6.07, 6.45) is 1.99. The number of nitrogens with zero attached hydrogens (tertiary/aromatic N) is 1. The highest BCUT2D eigenvalue weighted by molar-refractivity contribution is 6.30. The molecule has 2 aromatic rings. The summed E-state index contributed by atoms with van der Waals surface area (Å²) in [5, 5.41) is 3.23. The molecule has 1 heterocycles. The van der Waals surface area contributed by atoms with Crippen LogP contribution in [0, 0.1) is 0 Å². The van der Waals surface area contributed by atoms with Gasteiger partial charge < -0.3 is 15.5 Å². The Balaban J connectivity index is 2.10. The van der Waals surface area contributed by atoms with E-state index in [1.165, 1.54) is 6.26 Å². The number of nitrogens with one attached hydrogen (secondary N) is 1. The zero-order valence-electron chi connectivity index (χ0n) is 10.4. The van der Waals surface area contributed by atoms with E-state index < -0.39 is 0 Å². The van der Waals surface area contributed by atoms with Crippen LogP contribution in [0.3, 0.4) is 0 Å². The third-order valence-corrected chi connectivity index (χ3v) is 2.83. The molecule has 100 valence electrons. The first-order valence-electron chi connectivity index (χ1n) is 5.88. The lowest BCUT2D eigenvalue weighted by molar-refractivity contribution is 0.102. The quantitative estimate of drug-likeness (QED) is 0.901. The maximum Gasteiger partial charge on any atom is 0.277 e. The van der Waals surface area contributed by atoms with E-state index in [2.05, 4.69) is 10.3 Å². The number of aromatic nitrogens is 1. The van der Waals surface area contributed by atoms with E-state index in [1.54, 1.807) is 24.3 Å². The number of rotatable bonds is 4. The highest BCUT2D eigenvalue weighted by atomic mass is 35.5. The van der Waals surface area contributed by atoms with E-state index in [9.17, 15) is 4.79 Å². The van der Waals surface area contributed by atoms with Gasteiger partial charge in [-0.15, -0.1) is 0 Å². The summed E-state index contributed by atoms with van der Waals surface area (Å²) < 4.78 is 5.18. The normalized spacial score (nSPS) is 12.2. The number of anilines is 1. The lowest BCUT2D eigenvalue weighted by atomic mass is 10.2. The Labute approximate surface area is 115 Å². The maximum atomic E-state index is 11.9. The topological polar surface area (TPSA) is 81.1 Å². The van der Waals surface area contributed by atoms with Crippen molar-refractivity contribution >= 4 is 23.2 Å². The molecule has 0 saturated heterocycles. The second-order valence-electron chi connectivity index (χ2n) is 4.05. The Morgan fingerprint density at radius 1 is 1.58 bits per heavy atom. The lowest BCUT2D eigenvalue weighted by Crippen LogP contribution is -2.14. The number of carbonyl (C=O) groups is 1. The van der Waals surface area contributed by atoms with Crippen molar-refractivity contribution in [3.05, 3.63) is 47.1 Å². The van der Waals surface area contributed by atoms with Crippen LogP contribution < -0.4 is 11.1 Å². The molecule has 19 heavy (non-hydrogen) atoms. The molecule has 0 saturated carbocycles. The predicted molar refractivity (Wildman–Crippen MR) is 73.1 cm³/mol. The van der Waals surface area contributed by atoms with Crippen molar-refractivity contribution in [3.63, 3.8) is 0 Å². The van der Waals surface area contributed by atoms with E-state index in [0.29, 0.717) is 23.0 Å². The van der Waals surface area contributed by atoms with Crippen molar-refractivity contribution in [2.45, 2.75) is 19.4 Å². The van der Waals surface area contributed by atoms with E-state index in [4.69, 9.17) is 21.8 Å². The molecule has 5 nitrogen and oxygen atoms in total. The molecule has 1 aromatic carbocycles. The number of halogens is 1. The van der Waals surface area contributed by atoms with Gasteiger partial charge in [0.25, 0.3) is 5.91 Å². The van der Waals surface area contributed by atoms with Gasteiger partial charge in [0.1, 0.15) is 6.26 Å². The number of hydrogen-bond donors (Lipinski definition) is 2. The Kier molecular flexibility index (Phi) is 4.19. The molecule has 0 fully saturated rings. The molecular formula is C13H14ClN3O2. The summed E-state index contributed by atoms with van der Waals surface area (Å²) in [5.74, 6) is -0.000635. The molecule has 1 atom stereocenters. The minimum absolute atomic E-state index is 0.193. The Morgan fingerprint density at radius 3 is 3.05 bits per heavy atom. The van der Waals surface area contributed by atoms with Gasteiger partial charge >= 0.3 is 0 Å². The summed E-state index contributed by atoms with van der Waals surface area (Å²) >= 11 is 5.84. The molecule has 0 bridgehead atoms. The number of oxazole rings is 1. The maximum absolute atomic E-state index is 11.9. The zero-order chi connectivity index (χ0) is 13.8. The third kappa shape index (κ3) is 3.33. The first-order valence-corrected chi connectivity index (χ1v) is 6.26. The van der Waals surface area contributed by atoms with Gasteiger partial charge in [0.05, 0.1) is 6.04 Å². The van der Waals surface area contributed by atoms with Crippen molar-refractivity contribution in [2.75, 3.05) is 5.32 Å². The Morgan fingerprint density at radius 2 is 2.37 bits per heavy atom. The van der Waals surface area contributed by atoms with Crippen LogP contribution in [0.1, 0.15) is 35.8 Å². The smallest absolute Gasteiger partial charge is 0.277 e. The average Bonchev–Trinajstić information content (AvgIpc) is 2.87. The monoisotopic (exact) mass is 279 g/mol. The molecule has 3 N–H and O–H groups in total. The number of hydrogen-bond acceptors (Lipinski definition) is 4. The molecule has 0 spiro atoms. The highest BCUT2D eigenvalue weighted by Crippen LogP contribution is 2.17. The van der Waals surface area contributed by atoms with Crippen LogP contribution in [0.15, 0.2) is 34.9 Å². The standard InChI is InChI=1S/C13H14ClN3O2/c1-2-10(15)13-17-11(7-19-13)12(18)16-9-5-3-4-8(14)6-9/h3-7,10H,2,15H2,1H3,(H,16,18). The summed E-state index contributed by atoms with van der Waals surface area (Å²) in [7, 11) is 0. The minimum Gasteiger partial charge on any atom is -0.446 e. The SMILES string of the molecule is CCC(N)c1nc(C(=O)Nc2cccc(Cl)c2)co1. The van der Waals surface area contributed by atoms with Crippen molar-refractivity contribution < 1.29 is 9.21 Å². The van der Waals surface area contributed by atoms with Crippen LogP contribution in [0.4, 0.5) is 5.69 Å². The van der Waals surface area contributed by atoms with E-state index >= 15 is 0 Å². The summed E-state index contributed by atoms with van der Waals surface area (Å²) in [4.78, 5) is 16.0. The van der Waals surface area contributed by atoms with Gasteiger partial charge in [-0.25, -0.2) is 4.98 Å². The van der Waals surface area contributed by atoms with Crippen LogP contribution in [0.5, 0.6) is 0 Å². The summed E-state index contributed by atoms with van der Waals surface area (Å²) in [6.45, 7) is 1.92. The minimum atomic E-state index is -0.361. The number of carbonyl (C=O) groups excluding carboxylic acids is 1. The van der Waals surface area contributed by atoms with E-state index in [0.717, 1.165) is 0 Å². The molecule has 2 rings (SSSR count). The van der Waals surface area contributed by atoms with Crippen LogP contribution >= 0.6 is 11.6 Å². The molecular weight excluding hydrogens is 266 g/mol. The highest BCUT2D eigenvalue weighted by Gasteiger charge is 2.15. The van der Waals surface area contributed by atoms with Crippen molar-refractivity contribution in [1.29, 1.82) is 0 Å². The number of nitrogens with two attached hydrogens (primary N) is 1. The van der Waals surface area contributed by atoms with Gasteiger partial charge in [0, 0.05) is 10.7 Å². The van der Waals surface area contributed by atoms with E-state index in [-0.39, 0.29) is 17.6 Å².